The van der Waals surface area contributed by atoms with Crippen molar-refractivity contribution in [1.82, 2.24) is 15.1 Å². The standard InChI is InChI=1S/C16H30ClN3/c1-7-12-15(17)13(20(10-4)19-12)11-14(18-9-3)16(5,6)8-2/h14,18H,7-11H2,1-6H3. The number of halogens is 1. The van der Waals surface area contributed by atoms with Crippen LogP contribution in [-0.2, 0) is 19.4 Å². The van der Waals surface area contributed by atoms with Crippen molar-refractivity contribution in [2.75, 3.05) is 6.54 Å². The molecule has 0 bridgehead atoms. The van der Waals surface area contributed by atoms with E-state index in [9.17, 15) is 0 Å². The zero-order chi connectivity index (χ0) is 15.3. The first-order valence-corrected chi connectivity index (χ1v) is 8.26. The van der Waals surface area contributed by atoms with E-state index in [1.54, 1.807) is 0 Å². The van der Waals surface area contributed by atoms with Crippen molar-refractivity contribution in [3.63, 3.8) is 0 Å². The molecule has 0 saturated carbocycles. The van der Waals surface area contributed by atoms with E-state index in [0.29, 0.717) is 6.04 Å². The van der Waals surface area contributed by atoms with Crippen LogP contribution in [0.5, 0.6) is 0 Å². The van der Waals surface area contributed by atoms with E-state index < -0.39 is 0 Å². The molecule has 0 spiro atoms. The van der Waals surface area contributed by atoms with E-state index in [2.05, 4.69) is 56.6 Å². The van der Waals surface area contributed by atoms with E-state index in [0.717, 1.165) is 43.1 Å². The lowest BCUT2D eigenvalue weighted by atomic mass is 9.79. The molecule has 3 nitrogen and oxygen atoms in total. The normalized spacial score (nSPS) is 13.8. The first-order chi connectivity index (χ1) is 9.41. The third-order valence-corrected chi connectivity index (χ3v) is 4.83. The van der Waals surface area contributed by atoms with Gasteiger partial charge in [0.15, 0.2) is 0 Å². The highest BCUT2D eigenvalue weighted by molar-refractivity contribution is 6.31. The van der Waals surface area contributed by atoms with Crippen LogP contribution in [0.1, 0.15) is 59.4 Å². The summed E-state index contributed by atoms with van der Waals surface area (Å²) in [5, 5.41) is 9.12. The molecule has 1 rings (SSSR count). The minimum Gasteiger partial charge on any atom is -0.313 e. The average Bonchev–Trinajstić information content (AvgIpc) is 2.74. The molecule has 1 N–H and O–H groups in total. The predicted octanol–water partition coefficient (Wildman–Crippen LogP) is 4.08. The Bertz CT molecular complexity index is 424. The van der Waals surface area contributed by atoms with Crippen molar-refractivity contribution in [2.45, 2.75) is 73.4 Å². The van der Waals surface area contributed by atoms with E-state index in [4.69, 9.17) is 11.6 Å². The first kappa shape index (κ1) is 17.5. The zero-order valence-electron chi connectivity index (χ0n) is 13.9. The maximum atomic E-state index is 6.53. The minimum atomic E-state index is 0.245. The Morgan fingerprint density at radius 1 is 1.25 bits per heavy atom. The number of nitrogens with zero attached hydrogens (tertiary/aromatic N) is 2. The van der Waals surface area contributed by atoms with Gasteiger partial charge >= 0.3 is 0 Å². The van der Waals surface area contributed by atoms with Gasteiger partial charge in [-0.1, -0.05) is 46.2 Å². The molecule has 116 valence electrons. The fourth-order valence-corrected chi connectivity index (χ4v) is 2.87. The van der Waals surface area contributed by atoms with Crippen LogP contribution in [0.15, 0.2) is 0 Å². The molecule has 20 heavy (non-hydrogen) atoms. The molecular formula is C16H30ClN3. The third-order valence-electron chi connectivity index (χ3n) is 4.40. The molecule has 0 aliphatic rings. The molecule has 0 aliphatic carbocycles. The fraction of sp³-hybridized carbons (Fsp3) is 0.812. The lowest BCUT2D eigenvalue weighted by Gasteiger charge is -2.34. The van der Waals surface area contributed by atoms with Crippen molar-refractivity contribution < 1.29 is 0 Å². The summed E-state index contributed by atoms with van der Waals surface area (Å²) < 4.78 is 2.07. The molecule has 1 atom stereocenters. The van der Waals surface area contributed by atoms with Gasteiger partial charge in [-0.05, 0) is 31.7 Å². The molecule has 1 unspecified atom stereocenters. The SMILES string of the molecule is CCNC(Cc1c(Cl)c(CC)nn1CC)C(C)(C)CC. The quantitative estimate of drug-likeness (QED) is 0.784. The van der Waals surface area contributed by atoms with Crippen molar-refractivity contribution >= 4 is 11.6 Å². The summed E-state index contributed by atoms with van der Waals surface area (Å²) in [5.74, 6) is 0. The lowest BCUT2D eigenvalue weighted by molar-refractivity contribution is 0.229. The van der Waals surface area contributed by atoms with E-state index in [1.807, 2.05) is 0 Å². The summed E-state index contributed by atoms with van der Waals surface area (Å²) in [6, 6.07) is 0.418. The van der Waals surface area contributed by atoms with Gasteiger partial charge in [0.1, 0.15) is 0 Å². The Balaban J connectivity index is 3.07. The summed E-state index contributed by atoms with van der Waals surface area (Å²) in [7, 11) is 0. The van der Waals surface area contributed by atoms with Crippen molar-refractivity contribution in [1.29, 1.82) is 0 Å². The molecule has 4 heteroatoms. The van der Waals surface area contributed by atoms with Crippen LogP contribution in [0.25, 0.3) is 0 Å². The first-order valence-electron chi connectivity index (χ1n) is 7.88. The van der Waals surface area contributed by atoms with Crippen molar-refractivity contribution in [3.8, 4) is 0 Å². The number of nitrogens with one attached hydrogen (secondary N) is 1. The van der Waals surface area contributed by atoms with Crippen LogP contribution in [0.2, 0.25) is 5.02 Å². The predicted molar refractivity (Wildman–Crippen MR) is 87.5 cm³/mol. The Hall–Kier alpha value is -0.540. The third kappa shape index (κ3) is 3.76. The number of hydrogen-bond donors (Lipinski definition) is 1. The molecule has 1 aromatic rings. The van der Waals surface area contributed by atoms with Crippen LogP contribution in [0.4, 0.5) is 0 Å². The molecule has 0 fully saturated rings. The van der Waals surface area contributed by atoms with Gasteiger partial charge in [-0.3, -0.25) is 4.68 Å². The number of hydrogen-bond acceptors (Lipinski definition) is 2. The molecule has 0 amide bonds. The maximum absolute atomic E-state index is 6.53. The van der Waals surface area contributed by atoms with Crippen LogP contribution in [0, 0.1) is 5.41 Å². The Labute approximate surface area is 129 Å². The smallest absolute Gasteiger partial charge is 0.0850 e. The zero-order valence-corrected chi connectivity index (χ0v) is 14.6. The Morgan fingerprint density at radius 3 is 2.35 bits per heavy atom. The molecule has 0 radical (unpaired) electrons. The van der Waals surface area contributed by atoms with Crippen LogP contribution >= 0.6 is 11.6 Å². The number of rotatable bonds is 8. The van der Waals surface area contributed by atoms with E-state index >= 15 is 0 Å². The average molecular weight is 300 g/mol. The number of aromatic nitrogens is 2. The summed E-state index contributed by atoms with van der Waals surface area (Å²) in [4.78, 5) is 0. The second kappa shape index (κ2) is 7.46. The Morgan fingerprint density at radius 2 is 1.90 bits per heavy atom. The molecule has 0 saturated heterocycles. The molecule has 1 aromatic heterocycles. The maximum Gasteiger partial charge on any atom is 0.0850 e. The molecule has 0 aliphatic heterocycles. The van der Waals surface area contributed by atoms with Crippen LogP contribution in [-0.4, -0.2) is 22.4 Å². The fourth-order valence-electron chi connectivity index (χ4n) is 2.52. The lowest BCUT2D eigenvalue weighted by Crippen LogP contribution is -2.43. The second-order valence-electron chi connectivity index (χ2n) is 6.03. The number of likely N-dealkylation sites (N-methyl/N-ethyl adjacent to an activating group) is 1. The molecule has 0 aromatic carbocycles. The van der Waals surface area contributed by atoms with Crippen molar-refractivity contribution in [2.24, 2.45) is 5.41 Å². The van der Waals surface area contributed by atoms with Crippen LogP contribution < -0.4 is 5.32 Å². The van der Waals surface area contributed by atoms with Gasteiger partial charge in [0, 0.05) is 19.0 Å². The Kier molecular flexibility index (Phi) is 6.53. The van der Waals surface area contributed by atoms with Gasteiger partial charge in [0.05, 0.1) is 16.4 Å². The highest BCUT2D eigenvalue weighted by atomic mass is 35.5. The van der Waals surface area contributed by atoms with Gasteiger partial charge in [-0.15, -0.1) is 0 Å². The van der Waals surface area contributed by atoms with E-state index in [-0.39, 0.29) is 5.41 Å². The van der Waals surface area contributed by atoms with E-state index in [1.165, 1.54) is 5.69 Å². The van der Waals surface area contributed by atoms with Gasteiger partial charge in [-0.25, -0.2) is 0 Å². The minimum absolute atomic E-state index is 0.245. The topological polar surface area (TPSA) is 29.9 Å². The largest absolute Gasteiger partial charge is 0.313 e. The molecule has 1 heterocycles. The summed E-state index contributed by atoms with van der Waals surface area (Å²) >= 11 is 6.53. The van der Waals surface area contributed by atoms with Crippen LogP contribution in [0.3, 0.4) is 0 Å². The van der Waals surface area contributed by atoms with Gasteiger partial charge < -0.3 is 5.32 Å². The highest BCUT2D eigenvalue weighted by Gasteiger charge is 2.29. The molecular weight excluding hydrogens is 270 g/mol. The summed E-state index contributed by atoms with van der Waals surface area (Å²) in [5.41, 5.74) is 2.45. The summed E-state index contributed by atoms with van der Waals surface area (Å²) in [6.07, 6.45) is 2.97. The monoisotopic (exact) mass is 299 g/mol. The summed E-state index contributed by atoms with van der Waals surface area (Å²) in [6.45, 7) is 15.1. The number of aryl methyl sites for hydroxylation is 2. The van der Waals surface area contributed by atoms with Gasteiger partial charge in [0.2, 0.25) is 0 Å². The van der Waals surface area contributed by atoms with Gasteiger partial charge in [0.25, 0.3) is 0 Å². The van der Waals surface area contributed by atoms with Gasteiger partial charge in [-0.2, -0.15) is 5.10 Å². The second-order valence-corrected chi connectivity index (χ2v) is 6.41. The highest BCUT2D eigenvalue weighted by Crippen LogP contribution is 2.30. The van der Waals surface area contributed by atoms with Crippen molar-refractivity contribution in [3.05, 3.63) is 16.4 Å².